The lowest BCUT2D eigenvalue weighted by atomic mass is 9.93. The number of anilines is 1. The van der Waals surface area contributed by atoms with Crippen LogP contribution >= 0.6 is 15.9 Å². The number of piperidine rings is 1. The van der Waals surface area contributed by atoms with E-state index in [0.29, 0.717) is 0 Å². The highest BCUT2D eigenvalue weighted by atomic mass is 79.9. The second-order valence-electron chi connectivity index (χ2n) is 5.45. The number of hydrogen-bond donors (Lipinski definition) is 1. The minimum Gasteiger partial charge on any atom is -0.384 e. The fourth-order valence-electron chi connectivity index (χ4n) is 2.70. The zero-order valence-electron chi connectivity index (χ0n) is 11.3. The van der Waals surface area contributed by atoms with Crippen molar-refractivity contribution in [1.82, 2.24) is 4.90 Å². The maximum Gasteiger partial charge on any atom is 0.0341 e. The quantitative estimate of drug-likeness (QED) is 0.905. The summed E-state index contributed by atoms with van der Waals surface area (Å²) in [6, 6.07) is 9.12. The summed E-state index contributed by atoms with van der Waals surface area (Å²) in [6.07, 6.45) is 2.70. The zero-order chi connectivity index (χ0) is 13.0. The minimum atomic E-state index is 0.737. The van der Waals surface area contributed by atoms with Crippen molar-refractivity contribution in [2.24, 2.45) is 5.92 Å². The van der Waals surface area contributed by atoms with Gasteiger partial charge in [-0.2, -0.15) is 0 Å². The van der Waals surface area contributed by atoms with E-state index in [-0.39, 0.29) is 0 Å². The van der Waals surface area contributed by atoms with Gasteiger partial charge in [-0.1, -0.05) is 22.9 Å². The Bertz CT molecular complexity index is 363. The first-order chi connectivity index (χ1) is 8.65. The molecule has 0 aliphatic carbocycles. The van der Waals surface area contributed by atoms with Gasteiger partial charge < -0.3 is 5.32 Å². The largest absolute Gasteiger partial charge is 0.384 e. The summed E-state index contributed by atoms with van der Waals surface area (Å²) in [6.45, 7) is 8.15. The molecule has 0 amide bonds. The average molecular weight is 311 g/mol. The van der Waals surface area contributed by atoms with Gasteiger partial charge in [-0.05, 0) is 56.5 Å². The van der Waals surface area contributed by atoms with Crippen LogP contribution in [0.3, 0.4) is 0 Å². The summed E-state index contributed by atoms with van der Waals surface area (Å²) in [4.78, 5) is 2.60. The monoisotopic (exact) mass is 310 g/mol. The first-order valence-corrected chi connectivity index (χ1v) is 7.68. The Kier molecular flexibility index (Phi) is 5.07. The molecule has 0 bridgehead atoms. The smallest absolute Gasteiger partial charge is 0.0341 e. The summed E-state index contributed by atoms with van der Waals surface area (Å²) >= 11 is 3.45. The number of rotatable bonds is 4. The molecule has 1 heterocycles. The molecule has 1 N–H and O–H groups in total. The van der Waals surface area contributed by atoms with Crippen molar-refractivity contribution < 1.29 is 0 Å². The Balaban J connectivity index is 1.73. The molecule has 2 unspecified atom stereocenters. The first kappa shape index (κ1) is 13.9. The Morgan fingerprint density at radius 1 is 1.28 bits per heavy atom. The third-order valence-electron chi connectivity index (χ3n) is 3.85. The van der Waals surface area contributed by atoms with Crippen molar-refractivity contribution in [2.75, 3.05) is 25.0 Å². The van der Waals surface area contributed by atoms with Gasteiger partial charge in [-0.3, -0.25) is 4.90 Å². The third-order valence-corrected chi connectivity index (χ3v) is 4.38. The van der Waals surface area contributed by atoms with E-state index in [1.54, 1.807) is 0 Å². The molecular weight excluding hydrogens is 288 g/mol. The second kappa shape index (κ2) is 6.58. The first-order valence-electron chi connectivity index (χ1n) is 6.88. The van der Waals surface area contributed by atoms with Crippen LogP contribution in [-0.2, 0) is 0 Å². The Hall–Kier alpha value is -0.540. The molecule has 2 nitrogen and oxygen atoms in total. The highest BCUT2D eigenvalue weighted by Crippen LogP contribution is 2.21. The number of nitrogens with one attached hydrogen (secondary N) is 1. The molecule has 100 valence electrons. The van der Waals surface area contributed by atoms with Gasteiger partial charge in [0, 0.05) is 29.3 Å². The normalized spacial score (nSPS) is 25.1. The molecule has 1 saturated heterocycles. The lowest BCUT2D eigenvalue weighted by Crippen LogP contribution is -2.42. The molecule has 0 spiro atoms. The molecule has 1 aromatic rings. The standard InChI is InChI=1S/C15H23BrN2/c1-12-7-9-18(13(2)11-12)10-8-17-15-5-3-14(16)4-6-15/h3-6,12-13,17H,7-11H2,1-2H3. The van der Waals surface area contributed by atoms with Gasteiger partial charge in [0.2, 0.25) is 0 Å². The van der Waals surface area contributed by atoms with E-state index >= 15 is 0 Å². The van der Waals surface area contributed by atoms with Crippen LogP contribution in [0.15, 0.2) is 28.7 Å². The van der Waals surface area contributed by atoms with E-state index in [2.05, 4.69) is 64.3 Å². The van der Waals surface area contributed by atoms with Crippen molar-refractivity contribution in [3.63, 3.8) is 0 Å². The van der Waals surface area contributed by atoms with Crippen LogP contribution in [0.25, 0.3) is 0 Å². The van der Waals surface area contributed by atoms with Gasteiger partial charge in [0.25, 0.3) is 0 Å². The Labute approximate surface area is 119 Å². The third kappa shape index (κ3) is 3.99. The summed E-state index contributed by atoms with van der Waals surface area (Å²) < 4.78 is 1.13. The minimum absolute atomic E-state index is 0.737. The number of hydrogen-bond acceptors (Lipinski definition) is 2. The van der Waals surface area contributed by atoms with Crippen LogP contribution in [0.1, 0.15) is 26.7 Å². The lowest BCUT2D eigenvalue weighted by Gasteiger charge is -2.36. The molecular formula is C15H23BrN2. The molecule has 3 heteroatoms. The summed E-state index contributed by atoms with van der Waals surface area (Å²) in [5.41, 5.74) is 1.20. The van der Waals surface area contributed by atoms with Crippen LogP contribution in [-0.4, -0.2) is 30.6 Å². The SMILES string of the molecule is CC1CCN(CCNc2ccc(Br)cc2)C(C)C1. The predicted octanol–water partition coefficient (Wildman–Crippen LogP) is 3.98. The molecule has 2 atom stereocenters. The fourth-order valence-corrected chi connectivity index (χ4v) is 2.96. The van der Waals surface area contributed by atoms with Crippen molar-refractivity contribution >= 4 is 21.6 Å². The van der Waals surface area contributed by atoms with Crippen LogP contribution in [0, 0.1) is 5.92 Å². The van der Waals surface area contributed by atoms with Crippen LogP contribution < -0.4 is 5.32 Å². The molecule has 1 fully saturated rings. The van der Waals surface area contributed by atoms with Crippen molar-refractivity contribution in [3.05, 3.63) is 28.7 Å². The molecule has 0 saturated carbocycles. The second-order valence-corrected chi connectivity index (χ2v) is 6.36. The number of benzene rings is 1. The van der Waals surface area contributed by atoms with Gasteiger partial charge in [0.1, 0.15) is 0 Å². The highest BCUT2D eigenvalue weighted by Gasteiger charge is 2.21. The molecule has 1 aliphatic heterocycles. The number of halogens is 1. The summed E-state index contributed by atoms with van der Waals surface area (Å²) in [7, 11) is 0. The number of likely N-dealkylation sites (tertiary alicyclic amines) is 1. The van der Waals surface area contributed by atoms with E-state index in [0.717, 1.165) is 29.5 Å². The van der Waals surface area contributed by atoms with E-state index in [1.165, 1.54) is 25.1 Å². The van der Waals surface area contributed by atoms with Crippen LogP contribution in [0.2, 0.25) is 0 Å². The molecule has 0 aromatic heterocycles. The van der Waals surface area contributed by atoms with Crippen molar-refractivity contribution in [3.8, 4) is 0 Å². The van der Waals surface area contributed by atoms with E-state index in [1.807, 2.05) is 0 Å². The maximum absolute atomic E-state index is 3.49. The predicted molar refractivity (Wildman–Crippen MR) is 82.1 cm³/mol. The highest BCUT2D eigenvalue weighted by molar-refractivity contribution is 9.10. The average Bonchev–Trinajstić information content (AvgIpc) is 2.34. The van der Waals surface area contributed by atoms with Gasteiger partial charge in [-0.25, -0.2) is 0 Å². The van der Waals surface area contributed by atoms with Crippen LogP contribution in [0.4, 0.5) is 5.69 Å². The van der Waals surface area contributed by atoms with Crippen molar-refractivity contribution in [2.45, 2.75) is 32.7 Å². The van der Waals surface area contributed by atoms with Crippen LogP contribution in [0.5, 0.6) is 0 Å². The van der Waals surface area contributed by atoms with Gasteiger partial charge >= 0.3 is 0 Å². The lowest BCUT2D eigenvalue weighted by molar-refractivity contribution is 0.135. The number of nitrogens with zero attached hydrogens (tertiary/aromatic N) is 1. The van der Waals surface area contributed by atoms with E-state index < -0.39 is 0 Å². The topological polar surface area (TPSA) is 15.3 Å². The molecule has 18 heavy (non-hydrogen) atoms. The maximum atomic E-state index is 3.49. The van der Waals surface area contributed by atoms with Gasteiger partial charge in [0.15, 0.2) is 0 Å². The zero-order valence-corrected chi connectivity index (χ0v) is 12.9. The summed E-state index contributed by atoms with van der Waals surface area (Å²) in [5.74, 6) is 0.899. The van der Waals surface area contributed by atoms with Gasteiger partial charge in [-0.15, -0.1) is 0 Å². The molecule has 1 aliphatic rings. The molecule has 0 radical (unpaired) electrons. The molecule has 2 rings (SSSR count). The fraction of sp³-hybridized carbons (Fsp3) is 0.600. The van der Waals surface area contributed by atoms with Gasteiger partial charge in [0.05, 0.1) is 0 Å². The summed E-state index contributed by atoms with van der Waals surface area (Å²) in [5, 5.41) is 3.49. The molecule has 1 aromatic carbocycles. The van der Waals surface area contributed by atoms with E-state index in [4.69, 9.17) is 0 Å². The van der Waals surface area contributed by atoms with E-state index in [9.17, 15) is 0 Å². The Morgan fingerprint density at radius 3 is 2.67 bits per heavy atom. The van der Waals surface area contributed by atoms with Crippen molar-refractivity contribution in [1.29, 1.82) is 0 Å². The Morgan fingerprint density at radius 2 is 2.00 bits per heavy atom.